The minimum absolute atomic E-state index is 0.0276. The standard InChI is InChI=1S/C15H22N4O3/c1-16-15(22)11-5-7-12(8-6-11)17-13(20)9-19(4)10-14(21)18(2)3/h5-8H,9-10H2,1-4H3,(H,16,22)(H,17,20)/p+1. The van der Waals surface area contributed by atoms with Crippen LogP contribution in [0.1, 0.15) is 10.4 Å². The topological polar surface area (TPSA) is 83.0 Å². The van der Waals surface area contributed by atoms with Crippen LogP contribution >= 0.6 is 0 Å². The normalized spacial score (nSPS) is 11.5. The predicted octanol–water partition coefficient (Wildman–Crippen LogP) is -1.41. The molecular formula is C15H23N4O3+. The van der Waals surface area contributed by atoms with Gasteiger partial charge < -0.3 is 20.4 Å². The molecule has 1 atom stereocenters. The molecule has 0 saturated heterocycles. The highest BCUT2D eigenvalue weighted by Crippen LogP contribution is 2.09. The lowest BCUT2D eigenvalue weighted by Gasteiger charge is -2.16. The van der Waals surface area contributed by atoms with E-state index < -0.39 is 0 Å². The third kappa shape index (κ3) is 5.53. The lowest BCUT2D eigenvalue weighted by atomic mass is 10.2. The van der Waals surface area contributed by atoms with Crippen LogP contribution in [0.3, 0.4) is 0 Å². The van der Waals surface area contributed by atoms with Crippen molar-refractivity contribution in [1.29, 1.82) is 0 Å². The van der Waals surface area contributed by atoms with Crippen LogP contribution in [0.15, 0.2) is 24.3 Å². The average Bonchev–Trinajstić information content (AvgIpc) is 2.46. The van der Waals surface area contributed by atoms with Crippen LogP contribution in [0.5, 0.6) is 0 Å². The Balaban J connectivity index is 2.51. The molecule has 0 heterocycles. The summed E-state index contributed by atoms with van der Waals surface area (Å²) in [5.74, 6) is -0.388. The smallest absolute Gasteiger partial charge is 0.279 e. The van der Waals surface area contributed by atoms with Crippen LogP contribution < -0.4 is 15.5 Å². The van der Waals surface area contributed by atoms with Gasteiger partial charge in [-0.15, -0.1) is 0 Å². The Hall–Kier alpha value is -2.41. The summed E-state index contributed by atoms with van der Waals surface area (Å²) in [6.45, 7) is 0.451. The summed E-state index contributed by atoms with van der Waals surface area (Å²) >= 11 is 0. The van der Waals surface area contributed by atoms with Gasteiger partial charge in [0.1, 0.15) is 0 Å². The lowest BCUT2D eigenvalue weighted by molar-refractivity contribution is -0.862. The van der Waals surface area contributed by atoms with Gasteiger partial charge in [-0.2, -0.15) is 0 Å². The molecule has 3 N–H and O–H groups in total. The van der Waals surface area contributed by atoms with E-state index in [-0.39, 0.29) is 30.8 Å². The number of carbonyl (C=O) groups excluding carboxylic acids is 3. The molecule has 0 spiro atoms. The van der Waals surface area contributed by atoms with Gasteiger partial charge in [0, 0.05) is 32.4 Å². The van der Waals surface area contributed by atoms with E-state index in [0.29, 0.717) is 11.3 Å². The molecule has 0 aromatic heterocycles. The van der Waals surface area contributed by atoms with Crippen LogP contribution in [-0.4, -0.2) is 63.9 Å². The van der Waals surface area contributed by atoms with E-state index in [4.69, 9.17) is 0 Å². The van der Waals surface area contributed by atoms with E-state index >= 15 is 0 Å². The molecule has 0 aliphatic rings. The van der Waals surface area contributed by atoms with Crippen LogP contribution in [0.25, 0.3) is 0 Å². The molecule has 1 aromatic carbocycles. The molecule has 0 fully saturated rings. The lowest BCUT2D eigenvalue weighted by Crippen LogP contribution is -3.11. The third-order valence-electron chi connectivity index (χ3n) is 3.07. The minimum Gasteiger partial charge on any atom is -0.355 e. The second-order valence-electron chi connectivity index (χ2n) is 5.30. The maximum absolute atomic E-state index is 11.9. The first-order valence-electron chi connectivity index (χ1n) is 6.97. The van der Waals surface area contributed by atoms with E-state index in [0.717, 1.165) is 4.90 Å². The molecule has 1 unspecified atom stereocenters. The van der Waals surface area contributed by atoms with Crippen LogP contribution in [-0.2, 0) is 9.59 Å². The first kappa shape index (κ1) is 17.6. The van der Waals surface area contributed by atoms with Gasteiger partial charge >= 0.3 is 0 Å². The molecule has 120 valence electrons. The number of carbonyl (C=O) groups is 3. The van der Waals surface area contributed by atoms with Crippen LogP contribution in [0, 0.1) is 0 Å². The van der Waals surface area contributed by atoms with Crippen molar-refractivity contribution in [2.45, 2.75) is 0 Å². The van der Waals surface area contributed by atoms with E-state index in [1.807, 2.05) is 0 Å². The number of nitrogens with one attached hydrogen (secondary N) is 3. The number of hydrogen-bond acceptors (Lipinski definition) is 3. The summed E-state index contributed by atoms with van der Waals surface area (Å²) in [6.07, 6.45) is 0. The third-order valence-corrected chi connectivity index (χ3v) is 3.07. The molecule has 0 saturated carbocycles. The monoisotopic (exact) mass is 307 g/mol. The van der Waals surface area contributed by atoms with Crippen molar-refractivity contribution < 1.29 is 19.3 Å². The van der Waals surface area contributed by atoms with Crippen molar-refractivity contribution in [3.8, 4) is 0 Å². The fourth-order valence-electron chi connectivity index (χ4n) is 1.81. The molecule has 22 heavy (non-hydrogen) atoms. The SMILES string of the molecule is CNC(=O)c1ccc(NC(=O)C[NH+](C)CC(=O)N(C)C)cc1. The Morgan fingerprint density at radius 3 is 2.18 bits per heavy atom. The van der Waals surface area contributed by atoms with Gasteiger partial charge in [0.15, 0.2) is 13.1 Å². The van der Waals surface area contributed by atoms with Crippen LogP contribution in [0.2, 0.25) is 0 Å². The molecule has 7 nitrogen and oxygen atoms in total. The quantitative estimate of drug-likeness (QED) is 0.604. The number of anilines is 1. The average molecular weight is 307 g/mol. The number of quaternary nitrogens is 1. The van der Waals surface area contributed by atoms with E-state index in [9.17, 15) is 14.4 Å². The molecule has 1 aromatic rings. The summed E-state index contributed by atoms with van der Waals surface area (Å²) in [7, 11) is 6.72. The molecule has 1 rings (SSSR count). The maximum atomic E-state index is 11.9. The largest absolute Gasteiger partial charge is 0.355 e. The molecule has 3 amide bonds. The second-order valence-corrected chi connectivity index (χ2v) is 5.30. The number of amides is 3. The summed E-state index contributed by atoms with van der Waals surface area (Å²) in [5, 5.41) is 5.27. The van der Waals surface area contributed by atoms with Gasteiger partial charge in [-0.05, 0) is 24.3 Å². The maximum Gasteiger partial charge on any atom is 0.279 e. The summed E-state index contributed by atoms with van der Waals surface area (Å²) in [4.78, 5) is 37.2. The van der Waals surface area contributed by atoms with Gasteiger partial charge in [0.05, 0.1) is 7.05 Å². The summed E-state index contributed by atoms with van der Waals surface area (Å²) in [5.41, 5.74) is 1.14. The molecule has 0 radical (unpaired) electrons. The molecule has 0 aliphatic carbocycles. The number of hydrogen-bond donors (Lipinski definition) is 3. The van der Waals surface area contributed by atoms with E-state index in [1.165, 1.54) is 4.90 Å². The van der Waals surface area contributed by atoms with Gasteiger partial charge in [-0.3, -0.25) is 14.4 Å². The highest BCUT2D eigenvalue weighted by molar-refractivity contribution is 5.95. The number of likely N-dealkylation sites (N-methyl/N-ethyl adjacent to an activating group) is 2. The first-order valence-corrected chi connectivity index (χ1v) is 6.97. The zero-order valence-electron chi connectivity index (χ0n) is 13.4. The zero-order valence-corrected chi connectivity index (χ0v) is 13.4. The zero-order chi connectivity index (χ0) is 16.7. The Kier molecular flexibility index (Phi) is 6.52. The second kappa shape index (κ2) is 8.14. The molecular weight excluding hydrogens is 284 g/mol. The van der Waals surface area contributed by atoms with Crippen molar-refractivity contribution in [3.63, 3.8) is 0 Å². The Morgan fingerprint density at radius 1 is 1.09 bits per heavy atom. The number of nitrogens with zero attached hydrogens (tertiary/aromatic N) is 1. The van der Waals surface area contributed by atoms with Crippen molar-refractivity contribution >= 4 is 23.4 Å². The van der Waals surface area contributed by atoms with Gasteiger partial charge in [0.2, 0.25) is 0 Å². The Morgan fingerprint density at radius 2 is 1.68 bits per heavy atom. The summed E-state index contributed by atoms with van der Waals surface area (Å²) in [6, 6.07) is 6.62. The van der Waals surface area contributed by atoms with E-state index in [1.54, 1.807) is 52.5 Å². The summed E-state index contributed by atoms with van der Waals surface area (Å²) < 4.78 is 0. The predicted molar refractivity (Wildman–Crippen MR) is 83.8 cm³/mol. The van der Waals surface area contributed by atoms with Crippen molar-refractivity contribution in [1.82, 2.24) is 10.2 Å². The van der Waals surface area contributed by atoms with Gasteiger partial charge in [0.25, 0.3) is 17.7 Å². The highest BCUT2D eigenvalue weighted by atomic mass is 16.2. The minimum atomic E-state index is -0.184. The molecule has 0 bridgehead atoms. The Labute approximate surface area is 130 Å². The number of benzene rings is 1. The number of rotatable bonds is 6. The fourth-order valence-corrected chi connectivity index (χ4v) is 1.81. The van der Waals surface area contributed by atoms with Crippen molar-refractivity contribution in [2.24, 2.45) is 0 Å². The van der Waals surface area contributed by atoms with Gasteiger partial charge in [-0.1, -0.05) is 0 Å². The van der Waals surface area contributed by atoms with Crippen LogP contribution in [0.4, 0.5) is 5.69 Å². The highest BCUT2D eigenvalue weighted by Gasteiger charge is 2.15. The van der Waals surface area contributed by atoms with E-state index in [2.05, 4.69) is 10.6 Å². The van der Waals surface area contributed by atoms with Crippen molar-refractivity contribution in [2.75, 3.05) is 46.6 Å². The van der Waals surface area contributed by atoms with Gasteiger partial charge in [-0.25, -0.2) is 0 Å². The molecule has 7 heteroatoms. The van der Waals surface area contributed by atoms with Crippen molar-refractivity contribution in [3.05, 3.63) is 29.8 Å². The first-order chi connectivity index (χ1) is 10.3. The fraction of sp³-hybridized carbons (Fsp3) is 0.400. The molecule has 0 aliphatic heterocycles. The Bertz CT molecular complexity index is 540.